The fourth-order valence-corrected chi connectivity index (χ4v) is 3.96. The molecule has 0 unspecified atom stereocenters. The molecule has 0 aliphatic carbocycles. The molecule has 0 saturated carbocycles. The highest BCUT2D eigenvalue weighted by Crippen LogP contribution is 2.24. The van der Waals surface area contributed by atoms with E-state index >= 15 is 0 Å². The maximum Gasteiger partial charge on any atom is 0.332 e. The Kier molecular flexibility index (Phi) is 6.43. The van der Waals surface area contributed by atoms with Crippen LogP contribution >= 0.6 is 0 Å². The predicted octanol–water partition coefficient (Wildman–Crippen LogP) is 2.29. The van der Waals surface area contributed by atoms with Gasteiger partial charge in [0.1, 0.15) is 11.3 Å². The number of hydrogen-bond acceptors (Lipinski definition) is 5. The van der Waals surface area contributed by atoms with Crippen LogP contribution in [0.4, 0.5) is 0 Å². The Morgan fingerprint density at radius 3 is 2.35 bits per heavy atom. The number of nitrogens with zero attached hydrogens (tertiary/aromatic N) is 4. The molecular weight excluding hydrogens is 430 g/mol. The summed E-state index contributed by atoms with van der Waals surface area (Å²) in [6.07, 6.45) is 0. The number of aromatic nitrogens is 3. The molecule has 1 N–H and O–H groups in total. The summed E-state index contributed by atoms with van der Waals surface area (Å²) in [5.74, 6) is -0.383. The highest BCUT2D eigenvalue weighted by molar-refractivity contribution is 5.94. The van der Waals surface area contributed by atoms with Crippen LogP contribution in [-0.2, 0) is 27.2 Å². The van der Waals surface area contributed by atoms with Crippen molar-refractivity contribution in [2.75, 3.05) is 14.1 Å². The Morgan fingerprint density at radius 2 is 1.65 bits per heavy atom. The Bertz CT molecular complexity index is 1480. The second-order valence-corrected chi connectivity index (χ2v) is 8.55. The third kappa shape index (κ3) is 4.53. The van der Waals surface area contributed by atoms with Crippen LogP contribution in [-0.4, -0.2) is 39.0 Å². The van der Waals surface area contributed by atoms with Gasteiger partial charge >= 0.3 is 5.69 Å². The van der Waals surface area contributed by atoms with Gasteiger partial charge in [-0.15, -0.1) is 0 Å². The van der Waals surface area contributed by atoms with Crippen LogP contribution in [0.1, 0.15) is 21.6 Å². The number of nitrogens with one attached hydrogen (secondary N) is 1. The second kappa shape index (κ2) is 9.44. The van der Waals surface area contributed by atoms with Crippen molar-refractivity contribution in [1.82, 2.24) is 24.3 Å². The van der Waals surface area contributed by atoms with Gasteiger partial charge in [-0.2, -0.15) is 0 Å². The normalized spacial score (nSPS) is 11.2. The van der Waals surface area contributed by atoms with Crippen LogP contribution in [0.5, 0.6) is 0 Å². The van der Waals surface area contributed by atoms with Gasteiger partial charge < -0.3 is 10.2 Å². The van der Waals surface area contributed by atoms with Crippen LogP contribution in [0.15, 0.2) is 70.3 Å². The number of benzene rings is 2. The van der Waals surface area contributed by atoms with E-state index in [4.69, 9.17) is 0 Å². The van der Waals surface area contributed by atoms with Crippen LogP contribution in [0, 0.1) is 0 Å². The van der Waals surface area contributed by atoms with E-state index in [0.29, 0.717) is 6.54 Å². The topological polar surface area (TPSA) is 89.2 Å². The summed E-state index contributed by atoms with van der Waals surface area (Å²) in [4.78, 5) is 43.8. The maximum absolute atomic E-state index is 12.9. The number of amides is 1. The van der Waals surface area contributed by atoms with Gasteiger partial charge in [-0.3, -0.25) is 18.7 Å². The minimum absolute atomic E-state index is 0.140. The summed E-state index contributed by atoms with van der Waals surface area (Å²) in [6, 6.07) is 19.3. The van der Waals surface area contributed by atoms with Gasteiger partial charge in [-0.25, -0.2) is 9.78 Å². The van der Waals surface area contributed by atoms with E-state index in [-0.39, 0.29) is 22.6 Å². The second-order valence-electron chi connectivity index (χ2n) is 8.55. The van der Waals surface area contributed by atoms with Crippen LogP contribution in [0.2, 0.25) is 0 Å². The first-order valence-corrected chi connectivity index (χ1v) is 10.9. The number of pyridine rings is 1. The molecule has 34 heavy (non-hydrogen) atoms. The summed E-state index contributed by atoms with van der Waals surface area (Å²) in [6.45, 7) is 1.18. The van der Waals surface area contributed by atoms with Crippen molar-refractivity contribution in [3.05, 3.63) is 98.3 Å². The lowest BCUT2D eigenvalue weighted by molar-refractivity contribution is 0.0946. The molecule has 0 aliphatic heterocycles. The van der Waals surface area contributed by atoms with E-state index < -0.39 is 11.2 Å². The Morgan fingerprint density at radius 1 is 0.941 bits per heavy atom. The SMILES string of the molecule is CN(C)Cc1ccc(-c2ccccc2CNC(=O)c2ccc3c(=O)n(C)c(=O)n(C)c3n2)cc1. The molecule has 4 aromatic rings. The first-order chi connectivity index (χ1) is 16.3. The predicted molar refractivity (Wildman–Crippen MR) is 133 cm³/mol. The summed E-state index contributed by atoms with van der Waals surface area (Å²) >= 11 is 0. The van der Waals surface area contributed by atoms with Crippen molar-refractivity contribution in [2.45, 2.75) is 13.1 Å². The molecule has 2 aromatic heterocycles. The molecular formula is C26H27N5O3. The molecule has 0 aliphatic rings. The average molecular weight is 458 g/mol. The molecule has 8 heteroatoms. The van der Waals surface area contributed by atoms with Gasteiger partial charge in [0.2, 0.25) is 0 Å². The smallest absolute Gasteiger partial charge is 0.332 e. The highest BCUT2D eigenvalue weighted by Gasteiger charge is 2.14. The van der Waals surface area contributed by atoms with Crippen LogP contribution in [0.25, 0.3) is 22.2 Å². The first-order valence-electron chi connectivity index (χ1n) is 10.9. The molecule has 0 bridgehead atoms. The molecule has 0 spiro atoms. The van der Waals surface area contributed by atoms with E-state index in [1.807, 2.05) is 38.4 Å². The Balaban J connectivity index is 1.57. The van der Waals surface area contributed by atoms with E-state index in [1.54, 1.807) is 0 Å². The van der Waals surface area contributed by atoms with Gasteiger partial charge in [-0.05, 0) is 48.5 Å². The number of aryl methyl sites for hydroxylation is 1. The van der Waals surface area contributed by atoms with Gasteiger partial charge in [-0.1, -0.05) is 48.5 Å². The summed E-state index contributed by atoms with van der Waals surface area (Å²) in [7, 11) is 7.02. The summed E-state index contributed by atoms with van der Waals surface area (Å²) < 4.78 is 2.29. The van der Waals surface area contributed by atoms with Gasteiger partial charge in [0.15, 0.2) is 0 Å². The molecule has 2 heterocycles. The molecule has 0 atom stereocenters. The summed E-state index contributed by atoms with van der Waals surface area (Å²) in [5, 5.41) is 3.19. The minimum atomic E-state index is -0.493. The van der Waals surface area contributed by atoms with E-state index in [2.05, 4.69) is 39.5 Å². The van der Waals surface area contributed by atoms with E-state index in [1.165, 1.54) is 36.4 Å². The molecule has 2 aromatic carbocycles. The maximum atomic E-state index is 12.9. The quantitative estimate of drug-likeness (QED) is 0.480. The molecule has 0 fully saturated rings. The zero-order valence-electron chi connectivity index (χ0n) is 19.7. The third-order valence-corrected chi connectivity index (χ3v) is 5.75. The van der Waals surface area contributed by atoms with Crippen molar-refractivity contribution in [2.24, 2.45) is 14.1 Å². The van der Waals surface area contributed by atoms with E-state index in [9.17, 15) is 14.4 Å². The number of rotatable bonds is 6. The van der Waals surface area contributed by atoms with Gasteiger partial charge in [0.25, 0.3) is 11.5 Å². The number of fused-ring (bicyclic) bond motifs is 1. The van der Waals surface area contributed by atoms with Gasteiger partial charge in [0.05, 0.1) is 5.39 Å². The lowest BCUT2D eigenvalue weighted by atomic mass is 9.98. The molecule has 0 radical (unpaired) electrons. The van der Waals surface area contributed by atoms with Crippen molar-refractivity contribution < 1.29 is 4.79 Å². The Labute approximate surface area is 197 Å². The average Bonchev–Trinajstić information content (AvgIpc) is 2.84. The summed E-state index contributed by atoms with van der Waals surface area (Å²) in [5.41, 5.74) is 3.69. The van der Waals surface area contributed by atoms with Crippen molar-refractivity contribution in [1.29, 1.82) is 0 Å². The van der Waals surface area contributed by atoms with E-state index in [0.717, 1.165) is 27.8 Å². The fraction of sp³-hybridized carbons (Fsp3) is 0.231. The van der Waals surface area contributed by atoms with Crippen molar-refractivity contribution in [3.8, 4) is 11.1 Å². The third-order valence-electron chi connectivity index (χ3n) is 5.75. The standard InChI is InChI=1S/C26H27N5O3/c1-29(2)16-17-9-11-18(12-10-17)20-8-6-5-7-19(20)15-27-24(32)22-14-13-21-23(28-22)30(3)26(34)31(4)25(21)33/h5-14H,15-16H2,1-4H3,(H,27,32). The number of carbonyl (C=O) groups excluding carboxylic acids is 1. The van der Waals surface area contributed by atoms with Crippen LogP contribution < -0.4 is 16.6 Å². The molecule has 174 valence electrons. The zero-order valence-corrected chi connectivity index (χ0v) is 19.7. The zero-order chi connectivity index (χ0) is 24.4. The number of carbonyl (C=O) groups is 1. The lowest BCUT2D eigenvalue weighted by Crippen LogP contribution is -2.37. The molecule has 1 amide bonds. The van der Waals surface area contributed by atoms with Crippen LogP contribution in [0.3, 0.4) is 0 Å². The fourth-order valence-electron chi connectivity index (χ4n) is 3.96. The minimum Gasteiger partial charge on any atom is -0.347 e. The largest absolute Gasteiger partial charge is 0.347 e. The monoisotopic (exact) mass is 457 g/mol. The van der Waals surface area contributed by atoms with Gasteiger partial charge in [0, 0.05) is 27.2 Å². The molecule has 0 saturated heterocycles. The number of hydrogen-bond donors (Lipinski definition) is 1. The highest BCUT2D eigenvalue weighted by atomic mass is 16.2. The Hall–Kier alpha value is -4.04. The van der Waals surface area contributed by atoms with Crippen molar-refractivity contribution in [3.63, 3.8) is 0 Å². The molecule has 8 nitrogen and oxygen atoms in total. The van der Waals surface area contributed by atoms with Crippen molar-refractivity contribution >= 4 is 16.9 Å². The first kappa shape index (κ1) is 23.1. The molecule has 4 rings (SSSR count). The lowest BCUT2D eigenvalue weighted by Gasteiger charge is -2.13.